The second-order valence-corrected chi connectivity index (χ2v) is 8.76. The molecule has 0 spiro atoms. The fourth-order valence-corrected chi connectivity index (χ4v) is 3.46. The highest BCUT2D eigenvalue weighted by Gasteiger charge is 2.23. The predicted molar refractivity (Wildman–Crippen MR) is 121 cm³/mol. The van der Waals surface area contributed by atoms with E-state index in [-0.39, 0.29) is 12.0 Å². The van der Waals surface area contributed by atoms with Gasteiger partial charge in [0, 0.05) is 24.3 Å². The Balaban J connectivity index is 1.62. The van der Waals surface area contributed by atoms with Crippen LogP contribution < -0.4 is 5.32 Å². The van der Waals surface area contributed by atoms with Gasteiger partial charge < -0.3 is 15.0 Å². The first-order valence-corrected chi connectivity index (χ1v) is 10.3. The van der Waals surface area contributed by atoms with Gasteiger partial charge in [-0.2, -0.15) is 0 Å². The lowest BCUT2D eigenvalue weighted by molar-refractivity contribution is 0.0270. The molecular weight excluding hydrogens is 376 g/mol. The van der Waals surface area contributed by atoms with Crippen molar-refractivity contribution in [1.82, 2.24) is 4.90 Å². The van der Waals surface area contributed by atoms with Gasteiger partial charge in [0.25, 0.3) is 5.91 Å². The van der Waals surface area contributed by atoms with Crippen LogP contribution in [-0.4, -0.2) is 35.6 Å². The van der Waals surface area contributed by atoms with E-state index in [1.807, 2.05) is 77.1 Å². The van der Waals surface area contributed by atoms with Gasteiger partial charge in [-0.1, -0.05) is 35.9 Å². The van der Waals surface area contributed by atoms with Gasteiger partial charge in [-0.3, -0.25) is 4.79 Å². The number of nitrogens with one attached hydrogen (secondary N) is 1. The van der Waals surface area contributed by atoms with Gasteiger partial charge in [0.05, 0.1) is 0 Å². The lowest BCUT2D eigenvalue weighted by atomic mass is 9.99. The lowest BCUT2D eigenvalue weighted by Crippen LogP contribution is -2.39. The van der Waals surface area contributed by atoms with Crippen molar-refractivity contribution in [2.45, 2.75) is 46.6 Å². The third-order valence-electron chi connectivity index (χ3n) is 5.00. The van der Waals surface area contributed by atoms with Gasteiger partial charge >= 0.3 is 6.09 Å². The molecule has 0 aromatic heterocycles. The Hall–Kier alpha value is -3.08. The van der Waals surface area contributed by atoms with Crippen molar-refractivity contribution in [2.24, 2.45) is 0 Å². The minimum atomic E-state index is -0.488. The number of hydrogen-bond acceptors (Lipinski definition) is 3. The van der Waals surface area contributed by atoms with Crippen molar-refractivity contribution in [3.8, 4) is 0 Å². The number of carbonyl (C=O) groups excluding carboxylic acids is 2. The van der Waals surface area contributed by atoms with Gasteiger partial charge in [-0.05, 0) is 75.9 Å². The molecule has 158 valence electrons. The zero-order valence-electron chi connectivity index (χ0n) is 18.4. The minimum Gasteiger partial charge on any atom is -0.444 e. The fourth-order valence-electron chi connectivity index (χ4n) is 3.46. The number of carbonyl (C=O) groups is 2. The molecule has 2 aromatic rings. The molecule has 1 aliphatic heterocycles. The molecule has 0 unspecified atom stereocenters. The number of benzene rings is 2. The molecule has 5 heteroatoms. The van der Waals surface area contributed by atoms with Crippen LogP contribution in [0.25, 0.3) is 5.57 Å². The van der Waals surface area contributed by atoms with E-state index in [9.17, 15) is 9.59 Å². The largest absolute Gasteiger partial charge is 0.444 e. The van der Waals surface area contributed by atoms with Crippen molar-refractivity contribution in [3.05, 3.63) is 70.8 Å². The molecule has 3 rings (SSSR count). The summed E-state index contributed by atoms with van der Waals surface area (Å²) in [4.78, 5) is 26.5. The number of nitrogens with zero attached hydrogens (tertiary/aromatic N) is 1. The molecule has 0 atom stereocenters. The first-order chi connectivity index (χ1) is 14.1. The summed E-state index contributed by atoms with van der Waals surface area (Å²) < 4.78 is 5.44. The van der Waals surface area contributed by atoms with E-state index >= 15 is 0 Å². The highest BCUT2D eigenvalue weighted by Crippen LogP contribution is 2.25. The van der Waals surface area contributed by atoms with Crippen LogP contribution in [-0.2, 0) is 4.74 Å². The molecule has 1 aliphatic rings. The second-order valence-electron chi connectivity index (χ2n) is 8.76. The van der Waals surface area contributed by atoms with Gasteiger partial charge in [0.2, 0.25) is 0 Å². The van der Waals surface area contributed by atoms with Crippen LogP contribution >= 0.6 is 0 Å². The van der Waals surface area contributed by atoms with Crippen molar-refractivity contribution in [1.29, 1.82) is 0 Å². The van der Waals surface area contributed by atoms with E-state index in [1.54, 1.807) is 4.90 Å². The lowest BCUT2D eigenvalue weighted by Gasteiger charge is -2.29. The molecule has 2 aromatic carbocycles. The highest BCUT2D eigenvalue weighted by atomic mass is 16.6. The van der Waals surface area contributed by atoms with Crippen molar-refractivity contribution in [2.75, 3.05) is 18.4 Å². The summed E-state index contributed by atoms with van der Waals surface area (Å²) in [5.41, 5.74) is 5.35. The highest BCUT2D eigenvalue weighted by molar-refractivity contribution is 6.05. The number of hydrogen-bond donors (Lipinski definition) is 1. The Bertz CT molecular complexity index is 969. The first-order valence-electron chi connectivity index (χ1n) is 10.3. The average Bonchev–Trinajstić information content (AvgIpc) is 2.67. The molecule has 1 N–H and O–H groups in total. The second kappa shape index (κ2) is 8.74. The quantitative estimate of drug-likeness (QED) is 0.724. The van der Waals surface area contributed by atoms with Crippen molar-refractivity contribution in [3.63, 3.8) is 0 Å². The number of anilines is 1. The number of rotatable bonds is 3. The molecule has 0 fully saturated rings. The van der Waals surface area contributed by atoms with E-state index in [1.165, 1.54) is 5.57 Å². The standard InChI is InChI=1S/C25H30N2O3/c1-17-6-11-22(18(2)16-17)23(28)26-21-9-7-19(8-10-21)20-12-14-27(15-13-20)24(29)30-25(3,4)5/h6-12,16H,13-15H2,1-5H3,(H,26,28). The summed E-state index contributed by atoms with van der Waals surface area (Å²) in [6.45, 7) is 10.7. The molecule has 0 bridgehead atoms. The Morgan fingerprint density at radius 1 is 1.03 bits per heavy atom. The minimum absolute atomic E-state index is 0.106. The van der Waals surface area contributed by atoms with E-state index in [4.69, 9.17) is 4.74 Å². The Morgan fingerprint density at radius 2 is 1.73 bits per heavy atom. The Kier molecular flexibility index (Phi) is 6.30. The van der Waals surface area contributed by atoms with E-state index in [0.29, 0.717) is 18.7 Å². The van der Waals surface area contributed by atoms with E-state index < -0.39 is 5.60 Å². The summed E-state index contributed by atoms with van der Waals surface area (Å²) in [6.07, 6.45) is 2.56. The Morgan fingerprint density at radius 3 is 2.30 bits per heavy atom. The molecule has 1 heterocycles. The normalized spacial score (nSPS) is 14.2. The zero-order valence-corrected chi connectivity index (χ0v) is 18.4. The van der Waals surface area contributed by atoms with Crippen molar-refractivity contribution >= 4 is 23.3 Å². The monoisotopic (exact) mass is 406 g/mol. The van der Waals surface area contributed by atoms with Crippen LogP contribution in [0.15, 0.2) is 48.5 Å². The van der Waals surface area contributed by atoms with Gasteiger partial charge in [-0.25, -0.2) is 4.79 Å². The van der Waals surface area contributed by atoms with E-state index in [0.717, 1.165) is 28.8 Å². The predicted octanol–water partition coefficient (Wildman–Crippen LogP) is 5.58. The molecule has 0 radical (unpaired) electrons. The number of ether oxygens (including phenoxy) is 1. The molecular formula is C25H30N2O3. The molecule has 30 heavy (non-hydrogen) atoms. The van der Waals surface area contributed by atoms with Crippen LogP contribution in [0.4, 0.5) is 10.5 Å². The summed E-state index contributed by atoms with van der Waals surface area (Å²) >= 11 is 0. The first kappa shape index (κ1) is 21.6. The third kappa shape index (κ3) is 5.50. The fraction of sp³-hybridized carbons (Fsp3) is 0.360. The molecule has 2 amide bonds. The van der Waals surface area contributed by atoms with E-state index in [2.05, 4.69) is 11.4 Å². The molecule has 0 saturated heterocycles. The van der Waals surface area contributed by atoms with Gasteiger partial charge in [0.15, 0.2) is 0 Å². The molecule has 0 saturated carbocycles. The number of aryl methyl sites for hydroxylation is 2. The summed E-state index contributed by atoms with van der Waals surface area (Å²) in [5.74, 6) is -0.106. The van der Waals surface area contributed by atoms with Crippen LogP contribution in [0.5, 0.6) is 0 Å². The molecule has 0 aliphatic carbocycles. The summed E-state index contributed by atoms with van der Waals surface area (Å²) in [7, 11) is 0. The number of amides is 2. The maximum absolute atomic E-state index is 12.6. The van der Waals surface area contributed by atoms with Gasteiger partial charge in [-0.15, -0.1) is 0 Å². The smallest absolute Gasteiger partial charge is 0.410 e. The Labute approximate surface area is 178 Å². The third-order valence-corrected chi connectivity index (χ3v) is 5.00. The van der Waals surface area contributed by atoms with Crippen molar-refractivity contribution < 1.29 is 14.3 Å². The van der Waals surface area contributed by atoms with Crippen LogP contribution in [0.2, 0.25) is 0 Å². The SMILES string of the molecule is Cc1ccc(C(=O)Nc2ccc(C3=CCN(C(=O)OC(C)(C)C)CC3)cc2)c(C)c1. The van der Waals surface area contributed by atoms with Crippen LogP contribution in [0, 0.1) is 13.8 Å². The topological polar surface area (TPSA) is 58.6 Å². The summed E-state index contributed by atoms with van der Waals surface area (Å²) in [5, 5.41) is 2.96. The van der Waals surface area contributed by atoms with Crippen LogP contribution in [0.3, 0.4) is 0 Å². The van der Waals surface area contributed by atoms with Crippen LogP contribution in [0.1, 0.15) is 54.2 Å². The average molecular weight is 407 g/mol. The maximum atomic E-state index is 12.6. The maximum Gasteiger partial charge on any atom is 0.410 e. The van der Waals surface area contributed by atoms with Gasteiger partial charge in [0.1, 0.15) is 5.60 Å². The molecule has 5 nitrogen and oxygen atoms in total. The zero-order chi connectivity index (χ0) is 21.9. The summed E-state index contributed by atoms with van der Waals surface area (Å²) in [6, 6.07) is 13.7.